The van der Waals surface area contributed by atoms with Gasteiger partial charge in [0, 0.05) is 35.6 Å². The van der Waals surface area contributed by atoms with Gasteiger partial charge in [-0.2, -0.15) is 0 Å². The van der Waals surface area contributed by atoms with E-state index in [4.69, 9.17) is 24.4 Å². The van der Waals surface area contributed by atoms with Gasteiger partial charge in [0.25, 0.3) is 11.4 Å². The second-order valence-electron chi connectivity index (χ2n) is 7.66. The van der Waals surface area contributed by atoms with E-state index in [1.165, 1.54) is 46.9 Å². The highest BCUT2D eigenvalue weighted by Gasteiger charge is 2.12. The number of hydrogen-bond acceptors (Lipinski definition) is 10. The van der Waals surface area contributed by atoms with Crippen LogP contribution in [-0.4, -0.2) is 19.0 Å². The fourth-order valence-corrected chi connectivity index (χ4v) is 6.43. The molecule has 14 heteroatoms. The number of thiazole rings is 2. The third-order valence-electron chi connectivity index (χ3n) is 5.47. The molecular formula is C22H16N6O4S4. The van der Waals surface area contributed by atoms with E-state index in [1.807, 2.05) is 33.4 Å². The molecule has 3 aromatic carbocycles. The van der Waals surface area contributed by atoms with Crippen LogP contribution in [0.2, 0.25) is 0 Å². The first-order valence-electron chi connectivity index (χ1n) is 10.4. The molecule has 36 heavy (non-hydrogen) atoms. The van der Waals surface area contributed by atoms with E-state index < -0.39 is 9.85 Å². The standard InChI is InChI=1S/C22H16N6O4S4/c29-27(30)15-4-6-17-19(9-15)35-21(33)25(17)11-23-13-2-1-3-14(8-13)24-12-26-18-7-5-16(28(31)32)10-20(18)36-22(26)34/h1-10,23-24H,11-12H2. The zero-order chi connectivity index (χ0) is 25.4. The van der Waals surface area contributed by atoms with Crippen molar-refractivity contribution >= 4 is 90.3 Å². The number of anilines is 2. The maximum absolute atomic E-state index is 11.1. The van der Waals surface area contributed by atoms with Gasteiger partial charge >= 0.3 is 0 Å². The van der Waals surface area contributed by atoms with E-state index in [0.717, 1.165) is 31.8 Å². The molecule has 0 unspecified atom stereocenters. The number of non-ortho nitro benzene ring substituents is 2. The van der Waals surface area contributed by atoms with Crippen molar-refractivity contribution in [2.24, 2.45) is 0 Å². The van der Waals surface area contributed by atoms with Crippen LogP contribution in [0.3, 0.4) is 0 Å². The van der Waals surface area contributed by atoms with E-state index in [2.05, 4.69) is 10.6 Å². The molecule has 5 aromatic rings. The number of nitro benzene ring substituents is 2. The Bertz CT molecular complexity index is 1640. The summed E-state index contributed by atoms with van der Waals surface area (Å²) in [6, 6.07) is 17.2. The van der Waals surface area contributed by atoms with Gasteiger partial charge in [-0.15, -0.1) is 22.7 Å². The Morgan fingerprint density at radius 3 is 1.58 bits per heavy atom. The zero-order valence-electron chi connectivity index (χ0n) is 18.2. The van der Waals surface area contributed by atoms with Crippen LogP contribution in [0.15, 0.2) is 60.7 Å². The van der Waals surface area contributed by atoms with Crippen molar-refractivity contribution in [2.45, 2.75) is 13.3 Å². The van der Waals surface area contributed by atoms with E-state index in [9.17, 15) is 20.2 Å². The lowest BCUT2D eigenvalue weighted by Gasteiger charge is -2.12. The topological polar surface area (TPSA) is 120 Å². The summed E-state index contributed by atoms with van der Waals surface area (Å²) in [6.07, 6.45) is 0. The van der Waals surface area contributed by atoms with E-state index in [0.29, 0.717) is 21.2 Å². The van der Waals surface area contributed by atoms with Crippen molar-refractivity contribution in [3.05, 3.63) is 88.8 Å². The summed E-state index contributed by atoms with van der Waals surface area (Å²) in [5, 5.41) is 28.8. The van der Waals surface area contributed by atoms with Crippen LogP contribution in [0.25, 0.3) is 20.4 Å². The average Bonchev–Trinajstić information content (AvgIpc) is 3.34. The first kappa shape index (κ1) is 24.0. The van der Waals surface area contributed by atoms with Crippen LogP contribution in [-0.2, 0) is 13.3 Å². The smallest absolute Gasteiger partial charge is 0.270 e. The molecule has 0 spiro atoms. The quantitative estimate of drug-likeness (QED) is 0.118. The van der Waals surface area contributed by atoms with Gasteiger partial charge in [-0.3, -0.25) is 20.2 Å². The van der Waals surface area contributed by atoms with Crippen molar-refractivity contribution in [3.63, 3.8) is 0 Å². The molecule has 0 radical (unpaired) electrons. The number of benzene rings is 3. The molecule has 10 nitrogen and oxygen atoms in total. The first-order chi connectivity index (χ1) is 17.3. The highest BCUT2D eigenvalue weighted by atomic mass is 32.2. The Morgan fingerprint density at radius 2 is 1.17 bits per heavy atom. The molecule has 182 valence electrons. The van der Waals surface area contributed by atoms with Gasteiger partial charge in [0.15, 0.2) is 7.91 Å². The van der Waals surface area contributed by atoms with Gasteiger partial charge < -0.3 is 19.8 Å². The predicted octanol–water partition coefficient (Wildman–Crippen LogP) is 7.13. The number of nitrogens with zero attached hydrogens (tertiary/aromatic N) is 4. The number of nitro groups is 2. The van der Waals surface area contributed by atoms with Gasteiger partial charge in [-0.1, -0.05) is 6.07 Å². The summed E-state index contributed by atoms with van der Waals surface area (Å²) in [7, 11) is 0. The summed E-state index contributed by atoms with van der Waals surface area (Å²) < 4.78 is 6.55. The lowest BCUT2D eigenvalue weighted by Crippen LogP contribution is -2.09. The molecule has 0 saturated heterocycles. The lowest BCUT2D eigenvalue weighted by molar-refractivity contribution is -0.384. The summed E-state index contributed by atoms with van der Waals surface area (Å²) >= 11 is 13.6. The van der Waals surface area contributed by atoms with Crippen molar-refractivity contribution in [3.8, 4) is 0 Å². The van der Waals surface area contributed by atoms with Crippen molar-refractivity contribution in [1.29, 1.82) is 0 Å². The largest absolute Gasteiger partial charge is 0.367 e. The Kier molecular flexibility index (Phi) is 6.49. The molecule has 0 amide bonds. The highest BCUT2D eigenvalue weighted by molar-refractivity contribution is 7.74. The monoisotopic (exact) mass is 556 g/mol. The van der Waals surface area contributed by atoms with Crippen LogP contribution >= 0.6 is 47.1 Å². The molecule has 2 heterocycles. The molecule has 0 fully saturated rings. The van der Waals surface area contributed by atoms with Crippen LogP contribution in [0, 0.1) is 28.1 Å². The lowest BCUT2D eigenvalue weighted by atomic mass is 10.2. The highest BCUT2D eigenvalue weighted by Crippen LogP contribution is 2.29. The molecule has 0 aliphatic rings. The van der Waals surface area contributed by atoms with Crippen LogP contribution in [0.4, 0.5) is 22.7 Å². The molecule has 0 bridgehead atoms. The first-order valence-corrected chi connectivity index (χ1v) is 12.9. The Hall–Kier alpha value is -3.72. The van der Waals surface area contributed by atoms with Crippen LogP contribution in [0.1, 0.15) is 0 Å². The number of nitrogens with one attached hydrogen (secondary N) is 2. The molecule has 2 N–H and O–H groups in total. The third kappa shape index (κ3) is 4.70. The Labute approximate surface area is 221 Å². The van der Waals surface area contributed by atoms with Crippen molar-refractivity contribution in [1.82, 2.24) is 9.13 Å². The molecule has 0 aliphatic heterocycles. The minimum absolute atomic E-state index is 0.0364. The van der Waals surface area contributed by atoms with E-state index >= 15 is 0 Å². The molecule has 0 aliphatic carbocycles. The zero-order valence-corrected chi connectivity index (χ0v) is 21.5. The van der Waals surface area contributed by atoms with E-state index in [-0.39, 0.29) is 11.4 Å². The van der Waals surface area contributed by atoms with E-state index in [1.54, 1.807) is 12.1 Å². The van der Waals surface area contributed by atoms with Gasteiger partial charge in [0.05, 0.1) is 43.6 Å². The SMILES string of the molecule is O=[N+]([O-])c1ccc2c(c1)sc(=S)n2CNc1cccc(NCn2c(=S)sc3cc([N+](=O)[O-])ccc32)c1. The maximum atomic E-state index is 11.1. The molecule has 2 aromatic heterocycles. The number of aromatic nitrogens is 2. The normalized spacial score (nSPS) is 11.1. The molecule has 5 rings (SSSR count). The fourth-order valence-electron chi connectivity index (χ4n) is 3.72. The van der Waals surface area contributed by atoms with Crippen molar-refractivity contribution < 1.29 is 9.85 Å². The Balaban J connectivity index is 1.31. The number of fused-ring (bicyclic) bond motifs is 2. The van der Waals surface area contributed by atoms with Gasteiger partial charge in [-0.25, -0.2) is 0 Å². The van der Waals surface area contributed by atoms with Crippen molar-refractivity contribution in [2.75, 3.05) is 10.6 Å². The number of hydrogen-bond donors (Lipinski definition) is 2. The predicted molar refractivity (Wildman–Crippen MR) is 148 cm³/mol. The van der Waals surface area contributed by atoms with Gasteiger partial charge in [-0.05, 0) is 54.8 Å². The number of rotatable bonds is 8. The molecule has 0 atom stereocenters. The summed E-state index contributed by atoms with van der Waals surface area (Å²) in [6.45, 7) is 0.804. The molecular weight excluding hydrogens is 541 g/mol. The summed E-state index contributed by atoms with van der Waals surface area (Å²) in [5.74, 6) is 0. The second kappa shape index (κ2) is 9.73. The summed E-state index contributed by atoms with van der Waals surface area (Å²) in [4.78, 5) is 21.3. The fraction of sp³-hybridized carbons (Fsp3) is 0.0909. The minimum Gasteiger partial charge on any atom is -0.367 e. The van der Waals surface area contributed by atoms with Crippen LogP contribution in [0.5, 0.6) is 0 Å². The maximum Gasteiger partial charge on any atom is 0.270 e. The summed E-state index contributed by atoms with van der Waals surface area (Å²) in [5.41, 5.74) is 3.45. The third-order valence-corrected chi connectivity index (χ3v) is 8.30. The van der Waals surface area contributed by atoms with Crippen LogP contribution < -0.4 is 10.6 Å². The second-order valence-corrected chi connectivity index (χ2v) is 11.0. The minimum atomic E-state index is -0.417. The molecule has 0 saturated carbocycles. The van der Waals surface area contributed by atoms with Gasteiger partial charge in [0.2, 0.25) is 0 Å². The van der Waals surface area contributed by atoms with Gasteiger partial charge in [0.1, 0.15) is 0 Å². The average molecular weight is 557 g/mol. The Morgan fingerprint density at radius 1 is 0.722 bits per heavy atom.